The molecule has 0 fully saturated rings. The Morgan fingerprint density at radius 1 is 1.16 bits per heavy atom. The Kier molecular flexibility index (Phi) is 6.31. The molecule has 1 N–H and O–H groups in total. The van der Waals surface area contributed by atoms with Gasteiger partial charge in [-0.2, -0.15) is 4.31 Å². The second kappa shape index (κ2) is 8.07. The molecule has 0 spiro atoms. The largest absolute Gasteiger partial charge is 0.348 e. The van der Waals surface area contributed by atoms with Gasteiger partial charge in [0.15, 0.2) is 0 Å². The van der Waals surface area contributed by atoms with Gasteiger partial charge in [0.2, 0.25) is 15.9 Å². The lowest BCUT2D eigenvalue weighted by molar-refractivity contribution is -0.121. The van der Waals surface area contributed by atoms with Crippen LogP contribution in [0.4, 0.5) is 4.39 Å². The lowest BCUT2D eigenvalue weighted by Gasteiger charge is -2.19. The molecule has 25 heavy (non-hydrogen) atoms. The van der Waals surface area contributed by atoms with Crippen LogP contribution in [-0.2, 0) is 14.8 Å². The van der Waals surface area contributed by atoms with E-state index in [-0.39, 0.29) is 17.5 Å². The first kappa shape index (κ1) is 19.6. The van der Waals surface area contributed by atoms with Crippen LogP contribution >= 0.6 is 15.9 Å². The zero-order valence-electron chi connectivity index (χ0n) is 13.7. The monoisotopic (exact) mass is 428 g/mol. The lowest BCUT2D eigenvalue weighted by atomic mass is 10.1. The Bertz CT molecular complexity index is 839. The van der Waals surface area contributed by atoms with Crippen molar-refractivity contribution in [2.45, 2.75) is 17.9 Å². The predicted molar refractivity (Wildman–Crippen MR) is 96.9 cm³/mol. The molecule has 0 aromatic heterocycles. The van der Waals surface area contributed by atoms with Crippen LogP contribution in [0.15, 0.2) is 57.9 Å². The Balaban J connectivity index is 2.01. The van der Waals surface area contributed by atoms with Crippen molar-refractivity contribution in [3.8, 4) is 0 Å². The average molecular weight is 429 g/mol. The summed E-state index contributed by atoms with van der Waals surface area (Å²) in [6.07, 6.45) is 0. The fraction of sp³-hybridized carbons (Fsp3) is 0.235. The van der Waals surface area contributed by atoms with E-state index in [0.717, 1.165) is 26.5 Å². The highest BCUT2D eigenvalue weighted by Gasteiger charge is 2.23. The van der Waals surface area contributed by atoms with Crippen molar-refractivity contribution in [3.63, 3.8) is 0 Å². The fourth-order valence-corrected chi connectivity index (χ4v) is 3.59. The van der Waals surface area contributed by atoms with Gasteiger partial charge in [0.25, 0.3) is 0 Å². The van der Waals surface area contributed by atoms with Crippen molar-refractivity contribution in [1.82, 2.24) is 9.62 Å². The van der Waals surface area contributed by atoms with Gasteiger partial charge < -0.3 is 5.32 Å². The number of halogens is 2. The number of hydrogen-bond donors (Lipinski definition) is 1. The van der Waals surface area contributed by atoms with Crippen molar-refractivity contribution in [2.24, 2.45) is 0 Å². The van der Waals surface area contributed by atoms with Gasteiger partial charge in [-0.25, -0.2) is 12.8 Å². The van der Waals surface area contributed by atoms with Crippen LogP contribution in [0.5, 0.6) is 0 Å². The van der Waals surface area contributed by atoms with E-state index in [0.29, 0.717) is 0 Å². The summed E-state index contributed by atoms with van der Waals surface area (Å²) in [7, 11) is -2.55. The third-order valence-electron chi connectivity index (χ3n) is 3.64. The molecule has 2 rings (SSSR count). The molecule has 134 valence electrons. The molecule has 0 aliphatic carbocycles. The summed E-state index contributed by atoms with van der Waals surface area (Å²) in [6.45, 7) is 1.48. The van der Waals surface area contributed by atoms with Crippen LogP contribution < -0.4 is 5.32 Å². The number of nitrogens with zero attached hydrogens (tertiary/aromatic N) is 1. The van der Waals surface area contributed by atoms with E-state index < -0.39 is 21.7 Å². The van der Waals surface area contributed by atoms with E-state index in [9.17, 15) is 17.6 Å². The molecule has 5 nitrogen and oxygen atoms in total. The zero-order valence-corrected chi connectivity index (χ0v) is 16.1. The van der Waals surface area contributed by atoms with Gasteiger partial charge in [-0.15, -0.1) is 0 Å². The SMILES string of the molecule is CC(NC(=O)CN(C)S(=O)(=O)c1ccc(F)cc1)c1ccc(Br)cc1. The minimum Gasteiger partial charge on any atom is -0.348 e. The van der Waals surface area contributed by atoms with Crippen LogP contribution in [-0.4, -0.2) is 32.2 Å². The maximum absolute atomic E-state index is 12.9. The lowest BCUT2D eigenvalue weighted by Crippen LogP contribution is -2.39. The molecule has 0 heterocycles. The second-order valence-corrected chi connectivity index (χ2v) is 8.52. The Labute approximate surface area is 155 Å². The van der Waals surface area contributed by atoms with E-state index in [1.807, 2.05) is 31.2 Å². The maximum Gasteiger partial charge on any atom is 0.243 e. The zero-order chi connectivity index (χ0) is 18.6. The van der Waals surface area contributed by atoms with Gasteiger partial charge >= 0.3 is 0 Å². The molecule has 8 heteroatoms. The summed E-state index contributed by atoms with van der Waals surface area (Å²) in [6, 6.07) is 11.7. The smallest absolute Gasteiger partial charge is 0.243 e. The standard InChI is InChI=1S/C17H18BrFN2O3S/c1-12(13-3-5-14(18)6-4-13)20-17(22)11-21(2)25(23,24)16-9-7-15(19)8-10-16/h3-10,12H,11H2,1-2H3,(H,20,22). The highest BCUT2D eigenvalue weighted by atomic mass is 79.9. The molecule has 0 bridgehead atoms. The number of carbonyl (C=O) groups is 1. The van der Waals surface area contributed by atoms with Crippen molar-refractivity contribution in [2.75, 3.05) is 13.6 Å². The summed E-state index contributed by atoms with van der Waals surface area (Å²) in [5.74, 6) is -0.953. The van der Waals surface area contributed by atoms with Crippen LogP contribution in [0, 0.1) is 5.82 Å². The van der Waals surface area contributed by atoms with Crippen LogP contribution in [0.3, 0.4) is 0 Å². The average Bonchev–Trinajstić information content (AvgIpc) is 2.55. The van der Waals surface area contributed by atoms with Gasteiger partial charge in [0, 0.05) is 11.5 Å². The first-order chi connectivity index (χ1) is 11.7. The van der Waals surface area contributed by atoms with Gasteiger partial charge in [0.1, 0.15) is 5.82 Å². The summed E-state index contributed by atoms with van der Waals surface area (Å²) in [5, 5.41) is 2.76. The Hall–Kier alpha value is -1.77. The van der Waals surface area contributed by atoms with Crippen molar-refractivity contribution in [3.05, 3.63) is 64.4 Å². The molecule has 0 radical (unpaired) electrons. The Morgan fingerprint density at radius 3 is 2.28 bits per heavy atom. The number of sulfonamides is 1. The molecule has 0 saturated carbocycles. The number of nitrogens with one attached hydrogen (secondary N) is 1. The number of benzene rings is 2. The van der Waals surface area contributed by atoms with E-state index in [4.69, 9.17) is 0 Å². The van der Waals surface area contributed by atoms with E-state index in [1.165, 1.54) is 19.2 Å². The van der Waals surface area contributed by atoms with Gasteiger partial charge in [-0.05, 0) is 48.9 Å². The summed E-state index contributed by atoms with van der Waals surface area (Å²) < 4.78 is 39.6. The van der Waals surface area contributed by atoms with Crippen molar-refractivity contribution in [1.29, 1.82) is 0 Å². The molecule has 2 aromatic rings. The molecule has 0 aliphatic heterocycles. The van der Waals surface area contributed by atoms with Gasteiger partial charge in [-0.3, -0.25) is 4.79 Å². The van der Waals surface area contributed by atoms with Crippen LogP contribution in [0.2, 0.25) is 0 Å². The molecular formula is C17H18BrFN2O3S. The molecule has 1 amide bonds. The fourth-order valence-electron chi connectivity index (χ4n) is 2.20. The van der Waals surface area contributed by atoms with Gasteiger partial charge in [-0.1, -0.05) is 28.1 Å². The topological polar surface area (TPSA) is 66.5 Å². The maximum atomic E-state index is 12.9. The Morgan fingerprint density at radius 2 is 1.72 bits per heavy atom. The molecule has 1 unspecified atom stereocenters. The highest BCUT2D eigenvalue weighted by Crippen LogP contribution is 2.17. The quantitative estimate of drug-likeness (QED) is 0.768. The summed E-state index contributed by atoms with van der Waals surface area (Å²) in [4.78, 5) is 12.1. The summed E-state index contributed by atoms with van der Waals surface area (Å²) >= 11 is 3.34. The predicted octanol–water partition coefficient (Wildman–Crippen LogP) is 3.09. The third-order valence-corrected chi connectivity index (χ3v) is 5.98. The molecule has 0 saturated heterocycles. The third kappa shape index (κ3) is 5.10. The van der Waals surface area contributed by atoms with Crippen LogP contribution in [0.1, 0.15) is 18.5 Å². The van der Waals surface area contributed by atoms with Crippen LogP contribution in [0.25, 0.3) is 0 Å². The number of hydrogen-bond acceptors (Lipinski definition) is 3. The number of amides is 1. The normalized spacial score (nSPS) is 12.8. The number of rotatable bonds is 6. The molecule has 1 atom stereocenters. The summed E-state index contributed by atoms with van der Waals surface area (Å²) in [5.41, 5.74) is 0.903. The second-order valence-electron chi connectivity index (χ2n) is 5.56. The van der Waals surface area contributed by atoms with E-state index in [1.54, 1.807) is 0 Å². The number of carbonyl (C=O) groups excluding carboxylic acids is 1. The first-order valence-corrected chi connectivity index (χ1v) is 9.70. The van der Waals surface area contributed by atoms with Gasteiger partial charge in [0.05, 0.1) is 17.5 Å². The minimum absolute atomic E-state index is 0.0647. The first-order valence-electron chi connectivity index (χ1n) is 7.47. The van der Waals surface area contributed by atoms with E-state index in [2.05, 4.69) is 21.2 Å². The molecular weight excluding hydrogens is 411 g/mol. The van der Waals surface area contributed by atoms with Crippen molar-refractivity contribution < 1.29 is 17.6 Å². The molecule has 2 aromatic carbocycles. The number of likely N-dealkylation sites (N-methyl/N-ethyl adjacent to an activating group) is 1. The molecule has 0 aliphatic rings. The van der Waals surface area contributed by atoms with Crippen molar-refractivity contribution >= 4 is 31.9 Å². The van der Waals surface area contributed by atoms with E-state index >= 15 is 0 Å². The highest BCUT2D eigenvalue weighted by molar-refractivity contribution is 9.10. The minimum atomic E-state index is -3.86.